The van der Waals surface area contributed by atoms with Crippen LogP contribution in [0.1, 0.15) is 101 Å². The number of cyclic esters (lactones) is 1. The Hall–Kier alpha value is -1.39. The first-order valence-electron chi connectivity index (χ1n) is 14.2. The number of carbonyl (C=O) groups is 1. The smallest absolute Gasteiger partial charge is 0.306 e. The number of aliphatic hydroxyl groups excluding tert-OH is 1. The zero-order chi connectivity index (χ0) is 27.3. The average Bonchev–Trinajstić information content (AvgIpc) is 3.55. The fraction of sp³-hybridized carbons (Fsp3) is 0.781. The van der Waals surface area contributed by atoms with E-state index in [1.54, 1.807) is 0 Å². The van der Waals surface area contributed by atoms with Crippen molar-refractivity contribution in [3.63, 3.8) is 0 Å². The predicted molar refractivity (Wildman–Crippen MR) is 150 cm³/mol. The highest BCUT2D eigenvalue weighted by Crippen LogP contribution is 2.41. The van der Waals surface area contributed by atoms with E-state index in [1.807, 2.05) is 19.1 Å². The van der Waals surface area contributed by atoms with Gasteiger partial charge in [0.05, 0.1) is 18.3 Å². The Labute approximate surface area is 221 Å². The standard InChI is InChI=1S/C32H54O4/c1-11-22(3)25(6)30-26(35-30)20-31(7,8)17-12-13-23(4)29-24(5)14-15-27(33)32(9,10)18-16-21(2)19-28(34)36-29/h12-15,17,21-22,24-27,29-30,33H,11,16,18-20H2,1-10H3/b15-14+,17-12+,23-13+. The molecule has 4 heteroatoms. The molecule has 2 aliphatic heterocycles. The zero-order valence-corrected chi connectivity index (χ0v) is 24.7. The van der Waals surface area contributed by atoms with Gasteiger partial charge in [-0.2, -0.15) is 0 Å². The first-order valence-corrected chi connectivity index (χ1v) is 14.2. The SMILES string of the molecule is CCC(C)C(C)C1OC1CC(C)(C)/C=C/C=C(\C)C1OC(=O)CC(C)CCC(C)(C)C(O)/C=C/C1C. The number of esters is 1. The maximum absolute atomic E-state index is 12.8. The van der Waals surface area contributed by atoms with Gasteiger partial charge in [0, 0.05) is 12.3 Å². The second kappa shape index (κ2) is 12.9. The molecule has 1 saturated heterocycles. The molecule has 2 rings (SSSR count). The van der Waals surface area contributed by atoms with Gasteiger partial charge in [-0.05, 0) is 60.3 Å². The molecule has 0 aromatic heterocycles. The Morgan fingerprint density at radius 1 is 1.25 bits per heavy atom. The minimum absolute atomic E-state index is 0.0190. The summed E-state index contributed by atoms with van der Waals surface area (Å²) < 4.78 is 12.0. The molecule has 0 spiro atoms. The van der Waals surface area contributed by atoms with Crippen molar-refractivity contribution in [2.75, 3.05) is 0 Å². The highest BCUT2D eigenvalue weighted by atomic mass is 16.6. The summed E-state index contributed by atoms with van der Waals surface area (Å²) in [7, 11) is 0. The van der Waals surface area contributed by atoms with Crippen LogP contribution in [0.3, 0.4) is 0 Å². The first-order chi connectivity index (χ1) is 16.7. The topological polar surface area (TPSA) is 59.1 Å². The van der Waals surface area contributed by atoms with Gasteiger partial charge in [0.15, 0.2) is 0 Å². The molecule has 0 aliphatic carbocycles. The second-order valence-corrected chi connectivity index (χ2v) is 13.3. The number of epoxide rings is 1. The van der Waals surface area contributed by atoms with Gasteiger partial charge in [-0.25, -0.2) is 0 Å². The molecule has 2 aliphatic rings. The summed E-state index contributed by atoms with van der Waals surface area (Å²) in [5.74, 6) is 1.33. The number of ether oxygens (including phenoxy) is 2. The number of hydrogen-bond acceptors (Lipinski definition) is 4. The Bertz CT molecular complexity index is 805. The van der Waals surface area contributed by atoms with Gasteiger partial charge in [-0.3, -0.25) is 4.79 Å². The summed E-state index contributed by atoms with van der Waals surface area (Å²) in [5, 5.41) is 10.8. The van der Waals surface area contributed by atoms with Crippen LogP contribution < -0.4 is 0 Å². The van der Waals surface area contributed by atoms with Gasteiger partial charge < -0.3 is 14.6 Å². The predicted octanol–water partition coefficient (Wildman–Crippen LogP) is 7.67. The molecule has 0 amide bonds. The van der Waals surface area contributed by atoms with E-state index in [9.17, 15) is 9.90 Å². The Morgan fingerprint density at radius 3 is 2.56 bits per heavy atom. The van der Waals surface area contributed by atoms with E-state index >= 15 is 0 Å². The maximum atomic E-state index is 12.8. The minimum atomic E-state index is -0.524. The van der Waals surface area contributed by atoms with Crippen LogP contribution in [0.5, 0.6) is 0 Å². The van der Waals surface area contributed by atoms with Crippen LogP contribution in [0.25, 0.3) is 0 Å². The number of rotatable bonds is 8. The Morgan fingerprint density at radius 2 is 1.92 bits per heavy atom. The fourth-order valence-electron chi connectivity index (χ4n) is 5.22. The summed E-state index contributed by atoms with van der Waals surface area (Å²) in [6.45, 7) is 21.8. The van der Waals surface area contributed by atoms with E-state index < -0.39 is 6.10 Å². The molecule has 0 aromatic carbocycles. The lowest BCUT2D eigenvalue weighted by Crippen LogP contribution is -2.31. The third kappa shape index (κ3) is 9.17. The van der Waals surface area contributed by atoms with Crippen molar-refractivity contribution in [2.24, 2.45) is 34.5 Å². The van der Waals surface area contributed by atoms with Gasteiger partial charge in [-0.15, -0.1) is 0 Å². The monoisotopic (exact) mass is 502 g/mol. The molecule has 1 N–H and O–H groups in total. The largest absolute Gasteiger partial charge is 0.457 e. The van der Waals surface area contributed by atoms with E-state index in [0.29, 0.717) is 30.5 Å². The van der Waals surface area contributed by atoms with Crippen LogP contribution in [0.2, 0.25) is 0 Å². The quantitative estimate of drug-likeness (QED) is 0.160. The summed E-state index contributed by atoms with van der Waals surface area (Å²) in [6, 6.07) is 0. The average molecular weight is 503 g/mol. The molecule has 1 fully saturated rings. The molecule has 0 aromatic rings. The fourth-order valence-corrected chi connectivity index (χ4v) is 5.22. The molecule has 0 bridgehead atoms. The van der Waals surface area contributed by atoms with Crippen LogP contribution in [0.15, 0.2) is 36.0 Å². The first kappa shape index (κ1) is 30.8. The van der Waals surface area contributed by atoms with Crippen molar-refractivity contribution in [2.45, 2.75) is 126 Å². The molecule has 2 heterocycles. The zero-order valence-electron chi connectivity index (χ0n) is 24.7. The summed E-state index contributed by atoms with van der Waals surface area (Å²) >= 11 is 0. The molecule has 8 atom stereocenters. The lowest BCUT2D eigenvalue weighted by Gasteiger charge is -2.31. The Balaban J connectivity index is 2.10. The van der Waals surface area contributed by atoms with E-state index in [0.717, 1.165) is 24.8 Å². The van der Waals surface area contributed by atoms with Crippen molar-refractivity contribution >= 4 is 5.97 Å². The van der Waals surface area contributed by atoms with Crippen molar-refractivity contribution < 1.29 is 19.4 Å². The molecule has 206 valence electrons. The third-order valence-corrected chi connectivity index (χ3v) is 8.69. The van der Waals surface area contributed by atoms with Crippen LogP contribution in [-0.2, 0) is 14.3 Å². The minimum Gasteiger partial charge on any atom is -0.457 e. The van der Waals surface area contributed by atoms with Crippen LogP contribution in [-0.4, -0.2) is 35.5 Å². The van der Waals surface area contributed by atoms with Gasteiger partial charge in [0.1, 0.15) is 6.10 Å². The summed E-state index contributed by atoms with van der Waals surface area (Å²) in [5.41, 5.74) is 0.807. The molecular weight excluding hydrogens is 448 g/mol. The molecule has 4 nitrogen and oxygen atoms in total. The van der Waals surface area contributed by atoms with Crippen LogP contribution in [0.4, 0.5) is 0 Å². The third-order valence-electron chi connectivity index (χ3n) is 8.69. The van der Waals surface area contributed by atoms with Gasteiger partial charge >= 0.3 is 5.97 Å². The summed E-state index contributed by atoms with van der Waals surface area (Å²) in [6.07, 6.45) is 14.5. The second-order valence-electron chi connectivity index (χ2n) is 13.3. The number of allylic oxidation sites excluding steroid dienone is 3. The molecule has 0 saturated carbocycles. The lowest BCUT2D eigenvalue weighted by atomic mass is 9.79. The van der Waals surface area contributed by atoms with Crippen molar-refractivity contribution in [3.05, 3.63) is 36.0 Å². The molecular formula is C32H54O4. The van der Waals surface area contributed by atoms with Crippen molar-refractivity contribution in [1.82, 2.24) is 0 Å². The number of aliphatic hydroxyl groups is 1. The van der Waals surface area contributed by atoms with Crippen molar-refractivity contribution in [1.29, 1.82) is 0 Å². The van der Waals surface area contributed by atoms with Crippen LogP contribution >= 0.6 is 0 Å². The maximum Gasteiger partial charge on any atom is 0.306 e. The van der Waals surface area contributed by atoms with Gasteiger partial charge in [-0.1, -0.05) is 99.1 Å². The van der Waals surface area contributed by atoms with Gasteiger partial charge in [0.25, 0.3) is 0 Å². The van der Waals surface area contributed by atoms with E-state index in [2.05, 4.69) is 80.5 Å². The highest BCUT2D eigenvalue weighted by Gasteiger charge is 2.46. The van der Waals surface area contributed by atoms with E-state index in [4.69, 9.17) is 9.47 Å². The molecule has 8 unspecified atom stereocenters. The number of hydrogen-bond donors (Lipinski definition) is 1. The normalized spacial score (nSPS) is 34.9. The lowest BCUT2D eigenvalue weighted by molar-refractivity contribution is -0.149. The van der Waals surface area contributed by atoms with Crippen LogP contribution in [0, 0.1) is 34.5 Å². The van der Waals surface area contributed by atoms with Crippen molar-refractivity contribution in [3.8, 4) is 0 Å². The summed E-state index contributed by atoms with van der Waals surface area (Å²) in [4.78, 5) is 12.8. The molecule has 36 heavy (non-hydrogen) atoms. The van der Waals surface area contributed by atoms with E-state index in [1.165, 1.54) is 6.42 Å². The van der Waals surface area contributed by atoms with E-state index in [-0.39, 0.29) is 34.7 Å². The Kier molecular flexibility index (Phi) is 11.1. The molecule has 0 radical (unpaired) electrons. The number of carbonyl (C=O) groups excluding carboxylic acids is 1. The van der Waals surface area contributed by atoms with Gasteiger partial charge in [0.2, 0.25) is 0 Å². The highest BCUT2D eigenvalue weighted by molar-refractivity contribution is 5.70.